The minimum absolute atomic E-state index is 0.00213. The molecule has 1 aromatic rings. The van der Waals surface area contributed by atoms with Crippen molar-refractivity contribution in [1.82, 2.24) is 0 Å². The summed E-state index contributed by atoms with van der Waals surface area (Å²) in [5.41, 5.74) is 0.867. The van der Waals surface area contributed by atoms with Crippen LogP contribution in [-0.2, 0) is 15.1 Å². The Hall–Kier alpha value is -1.35. The summed E-state index contributed by atoms with van der Waals surface area (Å²) in [5, 5.41) is 9.21. The quantitative estimate of drug-likeness (QED) is 0.734. The van der Waals surface area contributed by atoms with Crippen molar-refractivity contribution >= 4 is 5.97 Å². The Kier molecular flexibility index (Phi) is 1.35. The summed E-state index contributed by atoms with van der Waals surface area (Å²) in [6, 6.07) is 7.62. The maximum absolute atomic E-state index is 11.2. The van der Waals surface area contributed by atoms with Gasteiger partial charge in [-0.15, -0.1) is 0 Å². The topological polar surface area (TPSA) is 46.5 Å². The summed E-state index contributed by atoms with van der Waals surface area (Å²) in [5.74, 6) is -0.857. The van der Waals surface area contributed by atoms with E-state index in [-0.39, 0.29) is 6.10 Å². The second-order valence-electron chi connectivity index (χ2n) is 3.86. The normalized spacial score (nSPS) is 33.0. The number of fused-ring (bicyclic) bond motifs is 5. The first-order chi connectivity index (χ1) is 6.74. The molecule has 3 rings (SSSR count). The highest BCUT2D eigenvalue weighted by atomic mass is 16.5. The Morgan fingerprint density at radius 2 is 2.29 bits per heavy atom. The molecule has 2 bridgehead atoms. The van der Waals surface area contributed by atoms with Crippen LogP contribution in [0.3, 0.4) is 0 Å². The second-order valence-corrected chi connectivity index (χ2v) is 3.86. The molecule has 72 valence electrons. The maximum Gasteiger partial charge on any atom is 0.340 e. The molecule has 1 N–H and O–H groups in total. The van der Waals surface area contributed by atoms with Crippen LogP contribution in [0.1, 0.15) is 30.1 Å². The van der Waals surface area contributed by atoms with Crippen molar-refractivity contribution in [2.75, 3.05) is 0 Å². The molecule has 2 aliphatic rings. The highest BCUT2D eigenvalue weighted by molar-refractivity contribution is 5.82. The summed E-state index contributed by atoms with van der Waals surface area (Å²) < 4.78 is 5.59. The molecule has 2 heterocycles. The minimum atomic E-state index is -1.04. The van der Waals surface area contributed by atoms with Crippen LogP contribution in [0.2, 0.25) is 0 Å². The van der Waals surface area contributed by atoms with Gasteiger partial charge in [-0.05, 0) is 18.4 Å². The van der Waals surface area contributed by atoms with Crippen molar-refractivity contribution < 1.29 is 14.6 Å². The van der Waals surface area contributed by atoms with Crippen molar-refractivity contribution in [2.24, 2.45) is 0 Å². The number of carboxylic acids is 1. The van der Waals surface area contributed by atoms with E-state index in [1.165, 1.54) is 0 Å². The number of ether oxygens (including phenoxy) is 1. The third-order valence-electron chi connectivity index (χ3n) is 3.19. The number of aliphatic carboxylic acids is 1. The number of hydrogen-bond donors (Lipinski definition) is 1. The van der Waals surface area contributed by atoms with E-state index in [1.807, 2.05) is 24.3 Å². The van der Waals surface area contributed by atoms with Crippen molar-refractivity contribution in [3.63, 3.8) is 0 Å². The van der Waals surface area contributed by atoms with Crippen LogP contribution in [0.5, 0.6) is 0 Å². The largest absolute Gasteiger partial charge is 0.479 e. The summed E-state index contributed by atoms with van der Waals surface area (Å²) in [6.07, 6.45) is 1.43. The van der Waals surface area contributed by atoms with Crippen molar-refractivity contribution in [1.29, 1.82) is 0 Å². The molecule has 0 amide bonds. The number of carbonyl (C=O) groups is 1. The van der Waals surface area contributed by atoms with Crippen LogP contribution in [0.15, 0.2) is 24.3 Å². The number of rotatable bonds is 1. The van der Waals surface area contributed by atoms with Crippen LogP contribution in [-0.4, -0.2) is 11.1 Å². The van der Waals surface area contributed by atoms with Gasteiger partial charge in [0.2, 0.25) is 0 Å². The zero-order valence-electron chi connectivity index (χ0n) is 7.56. The van der Waals surface area contributed by atoms with Gasteiger partial charge in [0.05, 0.1) is 6.10 Å². The lowest BCUT2D eigenvalue weighted by Crippen LogP contribution is -2.32. The molecule has 0 unspecified atom stereocenters. The molecular weight excluding hydrogens is 180 g/mol. The van der Waals surface area contributed by atoms with Gasteiger partial charge in [0.1, 0.15) is 0 Å². The fourth-order valence-corrected chi connectivity index (χ4v) is 2.53. The Labute approximate surface area is 81.3 Å². The van der Waals surface area contributed by atoms with Gasteiger partial charge < -0.3 is 9.84 Å². The third-order valence-corrected chi connectivity index (χ3v) is 3.19. The summed E-state index contributed by atoms with van der Waals surface area (Å²) in [7, 11) is 0. The first-order valence-electron chi connectivity index (χ1n) is 4.75. The zero-order chi connectivity index (χ0) is 9.76. The first kappa shape index (κ1) is 8.00. The maximum atomic E-state index is 11.2. The van der Waals surface area contributed by atoms with E-state index in [1.54, 1.807) is 0 Å². The van der Waals surface area contributed by atoms with Gasteiger partial charge in [-0.1, -0.05) is 24.3 Å². The summed E-state index contributed by atoms with van der Waals surface area (Å²) in [6.45, 7) is 0. The smallest absolute Gasteiger partial charge is 0.340 e. The molecule has 2 aliphatic heterocycles. The molecule has 3 heteroatoms. The average molecular weight is 190 g/mol. The average Bonchev–Trinajstić information content (AvgIpc) is 2.75. The van der Waals surface area contributed by atoms with Gasteiger partial charge in [0.25, 0.3) is 0 Å². The molecule has 14 heavy (non-hydrogen) atoms. The third kappa shape index (κ3) is 0.738. The molecule has 1 saturated heterocycles. The number of benzene rings is 1. The summed E-state index contributed by atoms with van der Waals surface area (Å²) in [4.78, 5) is 11.2. The zero-order valence-corrected chi connectivity index (χ0v) is 7.56. The van der Waals surface area contributed by atoms with Crippen LogP contribution >= 0.6 is 0 Å². The lowest BCUT2D eigenvalue weighted by Gasteiger charge is -2.20. The van der Waals surface area contributed by atoms with E-state index in [0.717, 1.165) is 17.5 Å². The highest BCUT2D eigenvalue weighted by Gasteiger charge is 2.55. The first-order valence-corrected chi connectivity index (χ1v) is 4.75. The Balaban J connectivity index is 2.24. The Bertz CT molecular complexity index is 413. The standard InChI is InChI=1S/C11H10O3/c12-10(13)11-6-5-9(14-11)7-3-1-2-4-8(7)11/h1-4,9H,5-6H2,(H,12,13)/t9-,11+/m1/s1. The lowest BCUT2D eigenvalue weighted by atomic mass is 9.82. The van der Waals surface area contributed by atoms with E-state index < -0.39 is 11.6 Å². The Morgan fingerprint density at radius 3 is 3.07 bits per heavy atom. The fraction of sp³-hybridized carbons (Fsp3) is 0.364. The molecule has 1 fully saturated rings. The van der Waals surface area contributed by atoms with E-state index in [9.17, 15) is 9.90 Å². The number of carboxylic acid groups (broad SMARTS) is 1. The van der Waals surface area contributed by atoms with Gasteiger partial charge in [0, 0.05) is 5.56 Å². The monoisotopic (exact) mass is 190 g/mol. The van der Waals surface area contributed by atoms with Crippen LogP contribution < -0.4 is 0 Å². The molecule has 0 radical (unpaired) electrons. The van der Waals surface area contributed by atoms with Gasteiger partial charge >= 0.3 is 5.97 Å². The molecule has 0 saturated carbocycles. The van der Waals surface area contributed by atoms with Crippen LogP contribution in [0, 0.1) is 0 Å². The highest BCUT2D eigenvalue weighted by Crippen LogP contribution is 2.54. The molecule has 3 nitrogen and oxygen atoms in total. The van der Waals surface area contributed by atoms with Crippen LogP contribution in [0.25, 0.3) is 0 Å². The van der Waals surface area contributed by atoms with E-state index >= 15 is 0 Å². The van der Waals surface area contributed by atoms with Crippen molar-refractivity contribution in [3.8, 4) is 0 Å². The predicted molar refractivity (Wildman–Crippen MR) is 48.8 cm³/mol. The minimum Gasteiger partial charge on any atom is -0.479 e. The van der Waals surface area contributed by atoms with Gasteiger partial charge in [-0.3, -0.25) is 0 Å². The molecule has 0 aliphatic carbocycles. The Morgan fingerprint density at radius 1 is 1.50 bits per heavy atom. The summed E-state index contributed by atoms with van der Waals surface area (Å²) >= 11 is 0. The van der Waals surface area contributed by atoms with Gasteiger partial charge in [0.15, 0.2) is 5.60 Å². The molecule has 0 spiro atoms. The molecule has 1 aromatic carbocycles. The lowest BCUT2D eigenvalue weighted by molar-refractivity contribution is -0.162. The number of hydrogen-bond acceptors (Lipinski definition) is 2. The molecule has 2 atom stereocenters. The van der Waals surface area contributed by atoms with Crippen molar-refractivity contribution in [3.05, 3.63) is 35.4 Å². The van der Waals surface area contributed by atoms with E-state index in [2.05, 4.69) is 0 Å². The molecule has 0 aromatic heterocycles. The van der Waals surface area contributed by atoms with E-state index in [4.69, 9.17) is 4.74 Å². The predicted octanol–water partition coefficient (Wildman–Crippen LogP) is 1.83. The molecular formula is C11H10O3. The van der Waals surface area contributed by atoms with Crippen molar-refractivity contribution in [2.45, 2.75) is 24.5 Å². The van der Waals surface area contributed by atoms with Gasteiger partial charge in [-0.2, -0.15) is 0 Å². The van der Waals surface area contributed by atoms with Crippen LogP contribution in [0.4, 0.5) is 0 Å². The SMILES string of the molecule is O=C(O)[C@@]12CC[C@@H](O1)c1ccccc12. The van der Waals surface area contributed by atoms with Gasteiger partial charge in [-0.25, -0.2) is 4.79 Å². The fourth-order valence-electron chi connectivity index (χ4n) is 2.53. The van der Waals surface area contributed by atoms with E-state index in [0.29, 0.717) is 6.42 Å². The second kappa shape index (κ2) is 2.36.